The molecule has 0 aromatic heterocycles. The van der Waals surface area contributed by atoms with Gasteiger partial charge in [-0.25, -0.2) is 0 Å². The molecular weight excluding hydrogens is 406 g/mol. The molecular formula is C26H31NO5. The molecule has 1 saturated carbocycles. The summed E-state index contributed by atoms with van der Waals surface area (Å²) in [4.78, 5) is 27.8. The Morgan fingerprint density at radius 1 is 1.09 bits per heavy atom. The molecule has 2 heterocycles. The highest BCUT2D eigenvalue weighted by Gasteiger charge is 2.67. The maximum Gasteiger partial charge on any atom is 0.233 e. The Bertz CT molecular complexity index is 1080. The lowest BCUT2D eigenvalue weighted by Gasteiger charge is -2.46. The number of nitrogens with zero attached hydrogens (tertiary/aromatic N) is 1. The molecule has 2 amide bonds. The van der Waals surface area contributed by atoms with E-state index in [0.29, 0.717) is 19.4 Å². The van der Waals surface area contributed by atoms with Crippen molar-refractivity contribution in [1.82, 2.24) is 4.90 Å². The molecule has 6 atom stereocenters. The fraction of sp³-hybridized carbons (Fsp3) is 0.538. The molecule has 6 nitrogen and oxygen atoms in total. The Morgan fingerprint density at radius 3 is 2.50 bits per heavy atom. The van der Waals surface area contributed by atoms with Crippen molar-refractivity contribution in [1.29, 1.82) is 0 Å². The lowest BCUT2D eigenvalue weighted by atomic mass is 9.62. The predicted octanol–water partition coefficient (Wildman–Crippen LogP) is 4.00. The first kappa shape index (κ1) is 21.4. The number of fused-ring (bicyclic) bond motifs is 4. The highest BCUT2D eigenvalue weighted by molar-refractivity contribution is 6.05. The number of phenols is 1. The van der Waals surface area contributed by atoms with Gasteiger partial charge in [0.15, 0.2) is 5.79 Å². The monoisotopic (exact) mass is 437 g/mol. The summed E-state index contributed by atoms with van der Waals surface area (Å²) in [5.74, 6) is -3.01. The number of phenolic OH excluding ortho intramolecular Hbond substituents is 1. The van der Waals surface area contributed by atoms with Crippen LogP contribution in [0.25, 0.3) is 10.8 Å². The molecule has 0 unspecified atom stereocenters. The number of imide groups is 1. The first-order chi connectivity index (χ1) is 15.3. The van der Waals surface area contributed by atoms with E-state index in [1.54, 1.807) is 6.07 Å². The Hall–Kier alpha value is -2.44. The van der Waals surface area contributed by atoms with Crippen LogP contribution in [0.3, 0.4) is 0 Å². The number of ether oxygens (including phenoxy) is 1. The van der Waals surface area contributed by atoms with Gasteiger partial charge < -0.3 is 14.9 Å². The van der Waals surface area contributed by atoms with Crippen LogP contribution in [0.4, 0.5) is 0 Å². The number of amides is 2. The normalized spacial score (nSPS) is 34.4. The molecule has 5 rings (SSSR count). The predicted molar refractivity (Wildman–Crippen MR) is 119 cm³/mol. The number of likely N-dealkylation sites (tertiary alicyclic amines) is 1. The fourth-order valence-corrected chi connectivity index (χ4v) is 6.46. The molecule has 3 fully saturated rings. The highest BCUT2D eigenvalue weighted by Crippen LogP contribution is 2.60. The van der Waals surface area contributed by atoms with Gasteiger partial charge >= 0.3 is 0 Å². The van der Waals surface area contributed by atoms with Crippen LogP contribution >= 0.6 is 0 Å². The van der Waals surface area contributed by atoms with Crippen molar-refractivity contribution in [2.24, 2.45) is 29.6 Å². The Labute approximate surface area is 188 Å². The van der Waals surface area contributed by atoms with Gasteiger partial charge in [-0.3, -0.25) is 14.5 Å². The van der Waals surface area contributed by atoms with Gasteiger partial charge in [0.1, 0.15) is 5.75 Å². The largest absolute Gasteiger partial charge is 0.507 e. The van der Waals surface area contributed by atoms with Gasteiger partial charge in [0.05, 0.1) is 17.9 Å². The molecule has 0 spiro atoms. The van der Waals surface area contributed by atoms with Crippen molar-refractivity contribution in [3.63, 3.8) is 0 Å². The summed E-state index contributed by atoms with van der Waals surface area (Å²) in [5, 5.41) is 23.8. The molecule has 0 radical (unpaired) electrons. The molecule has 2 N–H and O–H groups in total. The zero-order valence-corrected chi connectivity index (χ0v) is 18.8. The van der Waals surface area contributed by atoms with E-state index in [9.17, 15) is 19.8 Å². The quantitative estimate of drug-likeness (QED) is 0.706. The third-order valence-corrected chi connectivity index (χ3v) is 7.90. The smallest absolute Gasteiger partial charge is 0.233 e. The van der Waals surface area contributed by atoms with Gasteiger partial charge in [-0.05, 0) is 42.2 Å². The second kappa shape index (κ2) is 7.56. The minimum atomic E-state index is -1.46. The average Bonchev–Trinajstić information content (AvgIpc) is 3.23. The lowest BCUT2D eigenvalue weighted by Crippen LogP contribution is -2.55. The van der Waals surface area contributed by atoms with E-state index in [1.165, 1.54) is 4.90 Å². The topological polar surface area (TPSA) is 87.1 Å². The minimum Gasteiger partial charge on any atom is -0.507 e. The number of aromatic hydroxyl groups is 1. The number of carbonyl (C=O) groups excluding carboxylic acids is 2. The SMILES string of the molecule is CCCN1C(=O)[C@H]2[C@H](C[C@H](C(C)C)[C@@]3(O)O[C@H](c4ccc(O)c5ccccc45)C[C@@H]23)C1=O. The Morgan fingerprint density at radius 2 is 1.81 bits per heavy atom. The van der Waals surface area contributed by atoms with E-state index in [0.717, 1.165) is 22.8 Å². The van der Waals surface area contributed by atoms with Crippen LogP contribution in [0.15, 0.2) is 36.4 Å². The van der Waals surface area contributed by atoms with Crippen LogP contribution in [0, 0.1) is 29.6 Å². The van der Waals surface area contributed by atoms with Crippen LogP contribution in [-0.4, -0.2) is 39.3 Å². The van der Waals surface area contributed by atoms with E-state index < -0.39 is 23.7 Å². The standard InChI is InChI=1S/C26H31NO5/c1-4-11-27-24(29)18-12-19(14(2)3)26(31)20(23(18)25(27)30)13-22(32-26)17-9-10-21(28)16-8-6-5-7-15(16)17/h5-10,14,18-20,22-23,28,31H,4,11-13H2,1-3H3/t18-,19+,20-,22-,23-,26+/m0/s1. The first-order valence-corrected chi connectivity index (χ1v) is 11.7. The zero-order chi connectivity index (χ0) is 22.8. The summed E-state index contributed by atoms with van der Waals surface area (Å²) < 4.78 is 6.44. The van der Waals surface area contributed by atoms with Crippen LogP contribution < -0.4 is 0 Å². The molecule has 2 aromatic carbocycles. The highest BCUT2D eigenvalue weighted by atomic mass is 16.6. The van der Waals surface area contributed by atoms with Crippen molar-refractivity contribution in [3.8, 4) is 5.75 Å². The van der Waals surface area contributed by atoms with Crippen molar-refractivity contribution in [2.75, 3.05) is 6.54 Å². The molecule has 1 aliphatic carbocycles. The van der Waals surface area contributed by atoms with Gasteiger partial charge in [0, 0.05) is 23.8 Å². The molecule has 2 aromatic rings. The third kappa shape index (κ3) is 2.92. The van der Waals surface area contributed by atoms with E-state index in [1.807, 2.05) is 51.1 Å². The van der Waals surface area contributed by atoms with E-state index in [-0.39, 0.29) is 35.3 Å². The zero-order valence-electron chi connectivity index (χ0n) is 18.8. The number of hydrogen-bond acceptors (Lipinski definition) is 5. The average molecular weight is 438 g/mol. The molecule has 6 heteroatoms. The lowest BCUT2D eigenvalue weighted by molar-refractivity contribution is -0.276. The van der Waals surface area contributed by atoms with Gasteiger partial charge in [0.2, 0.25) is 11.8 Å². The summed E-state index contributed by atoms with van der Waals surface area (Å²) in [7, 11) is 0. The Kier molecular flexibility index (Phi) is 5.06. The number of aliphatic hydroxyl groups is 1. The van der Waals surface area contributed by atoms with Gasteiger partial charge in [0.25, 0.3) is 0 Å². The first-order valence-electron chi connectivity index (χ1n) is 11.7. The summed E-state index contributed by atoms with van der Waals surface area (Å²) in [6, 6.07) is 11.1. The van der Waals surface area contributed by atoms with Crippen LogP contribution in [0.2, 0.25) is 0 Å². The molecule has 32 heavy (non-hydrogen) atoms. The van der Waals surface area contributed by atoms with Crippen molar-refractivity contribution < 1.29 is 24.5 Å². The summed E-state index contributed by atoms with van der Waals surface area (Å²) in [6.07, 6.45) is 1.23. The van der Waals surface area contributed by atoms with E-state index in [2.05, 4.69) is 0 Å². The molecule has 2 aliphatic heterocycles. The van der Waals surface area contributed by atoms with E-state index >= 15 is 0 Å². The van der Waals surface area contributed by atoms with Crippen molar-refractivity contribution in [2.45, 2.75) is 51.9 Å². The van der Waals surface area contributed by atoms with E-state index in [4.69, 9.17) is 4.74 Å². The summed E-state index contributed by atoms with van der Waals surface area (Å²) in [6.45, 7) is 6.46. The fourth-order valence-electron chi connectivity index (χ4n) is 6.46. The second-order valence-corrected chi connectivity index (χ2v) is 9.97. The Balaban J connectivity index is 1.58. The molecule has 3 aliphatic rings. The number of carbonyl (C=O) groups is 2. The van der Waals surface area contributed by atoms with Gasteiger partial charge in [-0.15, -0.1) is 0 Å². The number of hydrogen-bond donors (Lipinski definition) is 2. The summed E-state index contributed by atoms with van der Waals surface area (Å²) >= 11 is 0. The van der Waals surface area contributed by atoms with Crippen LogP contribution in [0.1, 0.15) is 51.7 Å². The number of benzene rings is 2. The van der Waals surface area contributed by atoms with Crippen molar-refractivity contribution in [3.05, 3.63) is 42.0 Å². The van der Waals surface area contributed by atoms with Crippen molar-refractivity contribution >= 4 is 22.6 Å². The molecule has 0 bridgehead atoms. The molecule has 170 valence electrons. The second-order valence-electron chi connectivity index (χ2n) is 9.97. The third-order valence-electron chi connectivity index (χ3n) is 7.90. The number of rotatable bonds is 4. The maximum atomic E-state index is 13.3. The van der Waals surface area contributed by atoms with Crippen LogP contribution in [-0.2, 0) is 14.3 Å². The van der Waals surface area contributed by atoms with Gasteiger partial charge in [-0.2, -0.15) is 0 Å². The molecule has 2 saturated heterocycles. The summed E-state index contributed by atoms with van der Waals surface area (Å²) in [5.41, 5.74) is 0.891. The van der Waals surface area contributed by atoms with Gasteiger partial charge in [-0.1, -0.05) is 51.1 Å². The van der Waals surface area contributed by atoms with Crippen LogP contribution in [0.5, 0.6) is 5.75 Å². The minimum absolute atomic E-state index is 0.0897. The maximum absolute atomic E-state index is 13.3.